The summed E-state index contributed by atoms with van der Waals surface area (Å²) in [5, 5.41) is 6.31. The van der Waals surface area contributed by atoms with E-state index in [0.29, 0.717) is 12.5 Å². The number of rotatable bonds is 7. The van der Waals surface area contributed by atoms with Crippen molar-refractivity contribution in [2.75, 3.05) is 26.8 Å². The second-order valence-electron chi connectivity index (χ2n) is 4.03. The topological polar surface area (TPSA) is 45.6 Å². The Morgan fingerprint density at radius 2 is 2.21 bits per heavy atom. The molecule has 0 spiro atoms. The van der Waals surface area contributed by atoms with E-state index >= 15 is 0 Å². The van der Waals surface area contributed by atoms with Crippen LogP contribution in [0.5, 0.6) is 0 Å². The third-order valence-electron chi connectivity index (χ3n) is 2.53. The Hall–Kier alpha value is -1.62. The molecule has 0 bridgehead atoms. The quantitative estimate of drug-likeness (QED) is 0.451. The van der Waals surface area contributed by atoms with Gasteiger partial charge in [-0.2, -0.15) is 0 Å². The number of halogens is 1. The van der Waals surface area contributed by atoms with Crippen LogP contribution in [0.15, 0.2) is 29.3 Å². The predicted molar refractivity (Wildman–Crippen MR) is 75.7 cm³/mol. The van der Waals surface area contributed by atoms with E-state index in [9.17, 15) is 4.39 Å². The standard InChI is InChI=1S/C14H22FN3O/c1-3-19-9-5-8-17-14(16-2)18-11-12-6-4-7-13(15)10-12/h4,6-7,10H,3,5,8-9,11H2,1-2H3,(H2,16,17,18). The van der Waals surface area contributed by atoms with E-state index in [1.807, 2.05) is 13.0 Å². The van der Waals surface area contributed by atoms with E-state index in [4.69, 9.17) is 4.74 Å². The summed E-state index contributed by atoms with van der Waals surface area (Å²) in [6.45, 7) is 4.80. The van der Waals surface area contributed by atoms with Crippen molar-refractivity contribution in [1.82, 2.24) is 10.6 Å². The van der Waals surface area contributed by atoms with E-state index in [-0.39, 0.29) is 5.82 Å². The van der Waals surface area contributed by atoms with Crippen LogP contribution in [0.1, 0.15) is 18.9 Å². The van der Waals surface area contributed by atoms with Gasteiger partial charge in [-0.05, 0) is 31.0 Å². The van der Waals surface area contributed by atoms with Crippen molar-refractivity contribution in [3.05, 3.63) is 35.6 Å². The van der Waals surface area contributed by atoms with Crippen LogP contribution in [-0.4, -0.2) is 32.8 Å². The third-order valence-corrected chi connectivity index (χ3v) is 2.53. The normalized spacial score (nSPS) is 11.4. The molecule has 5 heteroatoms. The number of aliphatic imine (C=N–C) groups is 1. The highest BCUT2D eigenvalue weighted by Crippen LogP contribution is 2.02. The van der Waals surface area contributed by atoms with Crippen molar-refractivity contribution in [1.29, 1.82) is 0 Å². The van der Waals surface area contributed by atoms with Crippen LogP contribution >= 0.6 is 0 Å². The fraction of sp³-hybridized carbons (Fsp3) is 0.500. The van der Waals surface area contributed by atoms with Crippen molar-refractivity contribution in [2.24, 2.45) is 4.99 Å². The maximum Gasteiger partial charge on any atom is 0.191 e. The average Bonchev–Trinajstić information content (AvgIpc) is 2.42. The summed E-state index contributed by atoms with van der Waals surface area (Å²) in [5.41, 5.74) is 0.886. The lowest BCUT2D eigenvalue weighted by Crippen LogP contribution is -2.37. The van der Waals surface area contributed by atoms with Crippen molar-refractivity contribution < 1.29 is 9.13 Å². The molecule has 0 radical (unpaired) electrons. The van der Waals surface area contributed by atoms with Crippen LogP contribution in [0, 0.1) is 5.82 Å². The lowest BCUT2D eigenvalue weighted by molar-refractivity contribution is 0.145. The van der Waals surface area contributed by atoms with Crippen molar-refractivity contribution >= 4 is 5.96 Å². The van der Waals surface area contributed by atoms with E-state index in [2.05, 4.69) is 15.6 Å². The zero-order valence-corrected chi connectivity index (χ0v) is 11.6. The summed E-state index contributed by atoms with van der Waals surface area (Å²) in [6.07, 6.45) is 0.925. The van der Waals surface area contributed by atoms with Crippen LogP contribution in [0.25, 0.3) is 0 Å². The number of benzene rings is 1. The Morgan fingerprint density at radius 1 is 1.37 bits per heavy atom. The summed E-state index contributed by atoms with van der Waals surface area (Å²) < 4.78 is 18.3. The van der Waals surface area contributed by atoms with E-state index in [1.165, 1.54) is 12.1 Å². The number of hydrogen-bond acceptors (Lipinski definition) is 2. The molecule has 0 unspecified atom stereocenters. The SMILES string of the molecule is CCOCCCNC(=NC)NCc1cccc(F)c1. The summed E-state index contributed by atoms with van der Waals surface area (Å²) in [7, 11) is 1.71. The molecule has 106 valence electrons. The molecule has 0 atom stereocenters. The van der Waals surface area contributed by atoms with Crippen LogP contribution < -0.4 is 10.6 Å². The van der Waals surface area contributed by atoms with Gasteiger partial charge in [0.1, 0.15) is 5.82 Å². The number of nitrogens with one attached hydrogen (secondary N) is 2. The molecule has 0 aliphatic rings. The molecule has 0 aliphatic carbocycles. The highest BCUT2D eigenvalue weighted by molar-refractivity contribution is 5.79. The van der Waals surface area contributed by atoms with Gasteiger partial charge in [0.15, 0.2) is 5.96 Å². The van der Waals surface area contributed by atoms with Crippen LogP contribution in [0.2, 0.25) is 0 Å². The smallest absolute Gasteiger partial charge is 0.191 e. The van der Waals surface area contributed by atoms with Crippen LogP contribution in [0.3, 0.4) is 0 Å². The Balaban J connectivity index is 2.25. The minimum atomic E-state index is -0.223. The molecule has 0 amide bonds. The zero-order chi connectivity index (χ0) is 13.9. The first-order chi connectivity index (χ1) is 9.26. The Labute approximate surface area is 114 Å². The molecule has 0 saturated carbocycles. The van der Waals surface area contributed by atoms with Crippen LogP contribution in [0.4, 0.5) is 4.39 Å². The summed E-state index contributed by atoms with van der Waals surface area (Å²) in [4.78, 5) is 4.10. The highest BCUT2D eigenvalue weighted by atomic mass is 19.1. The molecule has 19 heavy (non-hydrogen) atoms. The first-order valence-corrected chi connectivity index (χ1v) is 6.53. The summed E-state index contributed by atoms with van der Waals surface area (Å²) in [5.74, 6) is 0.486. The minimum absolute atomic E-state index is 0.223. The Kier molecular flexibility index (Phi) is 7.58. The van der Waals surface area contributed by atoms with Gasteiger partial charge >= 0.3 is 0 Å². The molecule has 1 rings (SSSR count). The molecule has 0 aliphatic heterocycles. The van der Waals surface area contributed by atoms with Crippen molar-refractivity contribution in [2.45, 2.75) is 19.9 Å². The van der Waals surface area contributed by atoms with Gasteiger partial charge in [0.05, 0.1) is 0 Å². The second kappa shape index (κ2) is 9.33. The van der Waals surface area contributed by atoms with Gasteiger partial charge in [-0.3, -0.25) is 4.99 Å². The molecule has 0 aromatic heterocycles. The summed E-state index contributed by atoms with van der Waals surface area (Å²) in [6, 6.07) is 6.52. The molecular weight excluding hydrogens is 245 g/mol. The zero-order valence-electron chi connectivity index (χ0n) is 11.6. The molecule has 1 aromatic rings. The largest absolute Gasteiger partial charge is 0.382 e. The first kappa shape index (κ1) is 15.4. The lowest BCUT2D eigenvalue weighted by atomic mass is 10.2. The van der Waals surface area contributed by atoms with E-state index in [1.54, 1.807) is 13.1 Å². The number of ether oxygens (including phenoxy) is 1. The molecule has 0 heterocycles. The fourth-order valence-electron chi connectivity index (χ4n) is 1.58. The van der Waals surface area contributed by atoms with E-state index in [0.717, 1.165) is 31.7 Å². The maximum absolute atomic E-state index is 13.0. The molecule has 2 N–H and O–H groups in total. The molecular formula is C14H22FN3O. The van der Waals surface area contributed by atoms with Gasteiger partial charge in [0.2, 0.25) is 0 Å². The molecule has 4 nitrogen and oxygen atoms in total. The number of hydrogen-bond donors (Lipinski definition) is 2. The highest BCUT2D eigenvalue weighted by Gasteiger charge is 1.99. The van der Waals surface area contributed by atoms with Crippen LogP contribution in [-0.2, 0) is 11.3 Å². The van der Waals surface area contributed by atoms with Gasteiger partial charge in [-0.15, -0.1) is 0 Å². The number of guanidine groups is 1. The Morgan fingerprint density at radius 3 is 2.89 bits per heavy atom. The monoisotopic (exact) mass is 267 g/mol. The molecule has 0 fully saturated rings. The maximum atomic E-state index is 13.0. The van der Waals surface area contributed by atoms with Gasteiger partial charge in [-0.1, -0.05) is 12.1 Å². The van der Waals surface area contributed by atoms with Gasteiger partial charge < -0.3 is 15.4 Å². The van der Waals surface area contributed by atoms with Crippen molar-refractivity contribution in [3.8, 4) is 0 Å². The third kappa shape index (κ3) is 6.76. The number of nitrogens with zero attached hydrogens (tertiary/aromatic N) is 1. The lowest BCUT2D eigenvalue weighted by Gasteiger charge is -2.11. The van der Waals surface area contributed by atoms with E-state index < -0.39 is 0 Å². The Bertz CT molecular complexity index is 396. The molecule has 1 aromatic carbocycles. The second-order valence-corrected chi connectivity index (χ2v) is 4.03. The average molecular weight is 267 g/mol. The molecule has 0 saturated heterocycles. The van der Waals surface area contributed by atoms with Gasteiger partial charge in [-0.25, -0.2) is 4.39 Å². The first-order valence-electron chi connectivity index (χ1n) is 6.53. The fourth-order valence-corrected chi connectivity index (χ4v) is 1.58. The minimum Gasteiger partial charge on any atom is -0.382 e. The predicted octanol–water partition coefficient (Wildman–Crippen LogP) is 1.92. The summed E-state index contributed by atoms with van der Waals surface area (Å²) >= 11 is 0. The van der Waals surface area contributed by atoms with Gasteiger partial charge in [0, 0.05) is 33.4 Å². The van der Waals surface area contributed by atoms with Crippen molar-refractivity contribution in [3.63, 3.8) is 0 Å². The van der Waals surface area contributed by atoms with Gasteiger partial charge in [0.25, 0.3) is 0 Å².